The topological polar surface area (TPSA) is 95.6 Å². The predicted molar refractivity (Wildman–Crippen MR) is 82.1 cm³/mol. The number of carbonyl (C=O) groups excluding carboxylic acids is 1. The third-order valence-corrected chi connectivity index (χ3v) is 4.39. The molecule has 2 rings (SSSR count). The summed E-state index contributed by atoms with van der Waals surface area (Å²) < 4.78 is 0. The van der Waals surface area contributed by atoms with Crippen LogP contribution in [0.25, 0.3) is 0 Å². The maximum atomic E-state index is 12.1. The van der Waals surface area contributed by atoms with Crippen molar-refractivity contribution in [2.75, 3.05) is 12.3 Å². The lowest BCUT2D eigenvalue weighted by atomic mass is 9.71. The molecule has 21 heavy (non-hydrogen) atoms. The number of nitrogen functional groups attached to an aromatic ring is 1. The Balaban J connectivity index is 1.97. The van der Waals surface area contributed by atoms with Crippen molar-refractivity contribution < 1.29 is 15.0 Å². The fraction of sp³-hybridized carbons (Fsp3) is 0.562. The first-order valence-corrected chi connectivity index (χ1v) is 7.30. The highest BCUT2D eigenvalue weighted by Gasteiger charge is 2.36. The van der Waals surface area contributed by atoms with Crippen molar-refractivity contribution in [2.24, 2.45) is 5.41 Å². The predicted octanol–water partition coefficient (Wildman–Crippen LogP) is 2.04. The molecule has 5 heteroatoms. The number of phenolic OH excluding ortho intramolecular Hbond substituents is 1. The first kappa shape index (κ1) is 15.6. The normalized spacial score (nSPS) is 20.0. The van der Waals surface area contributed by atoms with Crippen molar-refractivity contribution in [3.8, 4) is 5.75 Å². The van der Waals surface area contributed by atoms with Gasteiger partial charge in [-0.05, 0) is 49.3 Å². The lowest BCUT2D eigenvalue weighted by molar-refractivity contribution is -0.0233. The van der Waals surface area contributed by atoms with E-state index >= 15 is 0 Å². The molecule has 5 nitrogen and oxygen atoms in total. The zero-order chi connectivity index (χ0) is 15.7. The Labute approximate surface area is 125 Å². The fourth-order valence-corrected chi connectivity index (χ4v) is 2.65. The number of phenols is 1. The first-order chi connectivity index (χ1) is 9.71. The van der Waals surface area contributed by atoms with Crippen LogP contribution in [-0.4, -0.2) is 28.3 Å². The molecule has 0 atom stereocenters. The molecule has 0 heterocycles. The molecule has 5 N–H and O–H groups in total. The van der Waals surface area contributed by atoms with Crippen LogP contribution in [0.1, 0.15) is 49.9 Å². The molecule has 0 radical (unpaired) electrons. The second-order valence-electron chi connectivity index (χ2n) is 6.84. The van der Waals surface area contributed by atoms with E-state index in [0.717, 1.165) is 12.8 Å². The van der Waals surface area contributed by atoms with E-state index in [0.29, 0.717) is 18.5 Å². The van der Waals surface area contributed by atoms with E-state index in [1.165, 1.54) is 18.2 Å². The van der Waals surface area contributed by atoms with Gasteiger partial charge in [0, 0.05) is 12.2 Å². The van der Waals surface area contributed by atoms with Crippen LogP contribution < -0.4 is 11.1 Å². The van der Waals surface area contributed by atoms with Gasteiger partial charge in [0.2, 0.25) is 0 Å². The molecule has 1 saturated carbocycles. The number of benzene rings is 1. The summed E-state index contributed by atoms with van der Waals surface area (Å²) >= 11 is 0. The summed E-state index contributed by atoms with van der Waals surface area (Å²) in [6.07, 6.45) is 3.23. The van der Waals surface area contributed by atoms with Crippen molar-refractivity contribution in [3.63, 3.8) is 0 Å². The van der Waals surface area contributed by atoms with Gasteiger partial charge in [-0.15, -0.1) is 0 Å². The average molecular weight is 292 g/mol. The van der Waals surface area contributed by atoms with Crippen molar-refractivity contribution in [1.29, 1.82) is 0 Å². The molecule has 1 amide bonds. The number of anilines is 1. The van der Waals surface area contributed by atoms with Gasteiger partial charge in [-0.1, -0.05) is 13.8 Å². The lowest BCUT2D eigenvalue weighted by Gasteiger charge is -2.40. The van der Waals surface area contributed by atoms with Gasteiger partial charge in [-0.2, -0.15) is 0 Å². The van der Waals surface area contributed by atoms with Gasteiger partial charge in [0.1, 0.15) is 5.75 Å². The maximum absolute atomic E-state index is 12.1. The highest BCUT2D eigenvalue weighted by atomic mass is 16.3. The quantitative estimate of drug-likeness (QED) is 0.506. The van der Waals surface area contributed by atoms with Gasteiger partial charge in [0.05, 0.1) is 11.2 Å². The summed E-state index contributed by atoms with van der Waals surface area (Å²) in [5.74, 6) is -0.380. The zero-order valence-corrected chi connectivity index (χ0v) is 12.6. The van der Waals surface area contributed by atoms with E-state index in [1.807, 2.05) is 0 Å². The molecule has 0 aromatic heterocycles. The van der Waals surface area contributed by atoms with Crippen LogP contribution in [0.2, 0.25) is 0 Å². The molecule has 0 saturated heterocycles. The molecule has 0 unspecified atom stereocenters. The number of rotatable bonds is 3. The number of nitrogens with one attached hydrogen (secondary N) is 1. The summed E-state index contributed by atoms with van der Waals surface area (Å²) in [5.41, 5.74) is 5.68. The second kappa shape index (κ2) is 5.56. The maximum Gasteiger partial charge on any atom is 0.253 e. The molecule has 1 aromatic rings. The van der Waals surface area contributed by atoms with Crippen LogP contribution in [0, 0.1) is 5.41 Å². The summed E-state index contributed by atoms with van der Waals surface area (Å²) in [6.45, 7) is 4.59. The Hall–Kier alpha value is -1.75. The van der Waals surface area contributed by atoms with E-state index in [-0.39, 0.29) is 29.2 Å². The van der Waals surface area contributed by atoms with E-state index in [4.69, 9.17) is 5.73 Å². The Morgan fingerprint density at radius 3 is 2.52 bits per heavy atom. The Morgan fingerprint density at radius 1 is 1.29 bits per heavy atom. The smallest absolute Gasteiger partial charge is 0.253 e. The van der Waals surface area contributed by atoms with E-state index in [1.54, 1.807) is 0 Å². The lowest BCUT2D eigenvalue weighted by Crippen LogP contribution is -2.46. The van der Waals surface area contributed by atoms with Crippen molar-refractivity contribution in [1.82, 2.24) is 5.32 Å². The molecular formula is C16H24N2O3. The van der Waals surface area contributed by atoms with Crippen LogP contribution in [0.15, 0.2) is 18.2 Å². The van der Waals surface area contributed by atoms with Crippen LogP contribution in [-0.2, 0) is 0 Å². The number of aromatic hydroxyl groups is 1. The van der Waals surface area contributed by atoms with Gasteiger partial charge in [0.15, 0.2) is 0 Å². The number of aliphatic hydroxyl groups is 1. The minimum Gasteiger partial charge on any atom is -0.508 e. The number of hydrogen-bond acceptors (Lipinski definition) is 4. The second-order valence-corrected chi connectivity index (χ2v) is 6.84. The van der Waals surface area contributed by atoms with E-state index < -0.39 is 5.60 Å². The summed E-state index contributed by atoms with van der Waals surface area (Å²) in [5, 5.41) is 22.7. The number of amides is 1. The highest BCUT2D eigenvalue weighted by Crippen LogP contribution is 2.39. The number of nitrogens with two attached hydrogens (primary N) is 1. The largest absolute Gasteiger partial charge is 0.508 e. The molecule has 0 aliphatic heterocycles. The van der Waals surface area contributed by atoms with Gasteiger partial charge in [-0.3, -0.25) is 4.79 Å². The minimum atomic E-state index is -0.850. The highest BCUT2D eigenvalue weighted by molar-refractivity contribution is 5.99. The van der Waals surface area contributed by atoms with Crippen LogP contribution in [0.4, 0.5) is 5.69 Å². The van der Waals surface area contributed by atoms with Gasteiger partial charge in [0.25, 0.3) is 5.91 Å². The standard InChI is InChI=1S/C16H24N2O3/c1-15(2)5-7-16(21,8-6-15)10-18-14(20)12-9-11(19)3-4-13(12)17/h3-4,9,19,21H,5-8,10,17H2,1-2H3,(H,18,20). The molecular weight excluding hydrogens is 268 g/mol. The monoisotopic (exact) mass is 292 g/mol. The van der Waals surface area contributed by atoms with Gasteiger partial charge >= 0.3 is 0 Å². The molecule has 1 aliphatic carbocycles. The number of carbonyl (C=O) groups is 1. The number of hydrogen-bond donors (Lipinski definition) is 4. The van der Waals surface area contributed by atoms with Gasteiger partial charge in [-0.25, -0.2) is 0 Å². The van der Waals surface area contributed by atoms with Crippen LogP contribution >= 0.6 is 0 Å². The van der Waals surface area contributed by atoms with Crippen LogP contribution in [0.3, 0.4) is 0 Å². The molecule has 1 aromatic carbocycles. The van der Waals surface area contributed by atoms with E-state index in [2.05, 4.69) is 19.2 Å². The summed E-state index contributed by atoms with van der Waals surface area (Å²) in [7, 11) is 0. The Morgan fingerprint density at radius 2 is 1.90 bits per heavy atom. The third kappa shape index (κ3) is 3.88. The van der Waals surface area contributed by atoms with Crippen molar-refractivity contribution >= 4 is 11.6 Å². The zero-order valence-electron chi connectivity index (χ0n) is 12.6. The minimum absolute atomic E-state index is 0.00697. The van der Waals surface area contributed by atoms with E-state index in [9.17, 15) is 15.0 Å². The SMILES string of the molecule is CC1(C)CCC(O)(CNC(=O)c2cc(O)ccc2N)CC1. The molecule has 0 bridgehead atoms. The molecule has 0 spiro atoms. The van der Waals surface area contributed by atoms with Crippen LogP contribution in [0.5, 0.6) is 5.75 Å². The average Bonchev–Trinajstić information content (AvgIpc) is 2.43. The third-order valence-electron chi connectivity index (χ3n) is 4.39. The first-order valence-electron chi connectivity index (χ1n) is 7.30. The Kier molecular flexibility index (Phi) is 4.14. The molecule has 1 fully saturated rings. The molecule has 116 valence electrons. The Bertz CT molecular complexity index is 530. The summed E-state index contributed by atoms with van der Waals surface area (Å²) in [6, 6.07) is 4.25. The van der Waals surface area contributed by atoms with Gasteiger partial charge < -0.3 is 21.3 Å². The van der Waals surface area contributed by atoms with Crippen molar-refractivity contribution in [2.45, 2.75) is 45.1 Å². The fourth-order valence-electron chi connectivity index (χ4n) is 2.65. The summed E-state index contributed by atoms with van der Waals surface area (Å²) in [4.78, 5) is 12.1. The molecule has 1 aliphatic rings. The van der Waals surface area contributed by atoms with Crippen molar-refractivity contribution in [3.05, 3.63) is 23.8 Å².